The number of aliphatic imine (C=N–C) groups is 1. The van der Waals surface area contributed by atoms with E-state index >= 15 is 0 Å². The summed E-state index contributed by atoms with van der Waals surface area (Å²) in [5.74, 6) is 1.44. The molecular weight excluding hydrogens is 417 g/mol. The Bertz CT molecular complexity index is 447. The third kappa shape index (κ3) is 8.65. The van der Waals surface area contributed by atoms with Gasteiger partial charge in [0, 0.05) is 27.3 Å². The lowest BCUT2D eigenvalue weighted by Crippen LogP contribution is -2.42. The van der Waals surface area contributed by atoms with Crippen molar-refractivity contribution < 1.29 is 9.47 Å². The molecule has 1 atom stereocenters. The Morgan fingerprint density at radius 2 is 2.05 bits per heavy atom. The number of rotatable bonds is 8. The minimum atomic E-state index is -0.0255. The van der Waals surface area contributed by atoms with E-state index in [0.717, 1.165) is 25.5 Å². The molecule has 1 aromatic carbocycles. The van der Waals surface area contributed by atoms with Crippen LogP contribution in [0.2, 0.25) is 5.02 Å². The Kier molecular flexibility index (Phi) is 12.4. The molecule has 126 valence electrons. The summed E-state index contributed by atoms with van der Waals surface area (Å²) < 4.78 is 10.8. The summed E-state index contributed by atoms with van der Waals surface area (Å²) in [5.41, 5.74) is 0. The first-order valence-corrected chi connectivity index (χ1v) is 7.39. The number of guanidine groups is 1. The van der Waals surface area contributed by atoms with Crippen molar-refractivity contribution in [3.8, 4) is 5.75 Å². The van der Waals surface area contributed by atoms with Gasteiger partial charge in [-0.25, -0.2) is 0 Å². The minimum absolute atomic E-state index is 0. The molecule has 2 N–H and O–H groups in total. The summed E-state index contributed by atoms with van der Waals surface area (Å²) in [6, 6.07) is 7.45. The Morgan fingerprint density at radius 3 is 2.68 bits per heavy atom. The number of benzene rings is 1. The molecule has 22 heavy (non-hydrogen) atoms. The first-order chi connectivity index (χ1) is 10.2. The quantitative estimate of drug-likeness (QED) is 0.282. The maximum atomic E-state index is 6.06. The van der Waals surface area contributed by atoms with E-state index in [9.17, 15) is 0 Å². The highest BCUT2D eigenvalue weighted by Gasteiger charge is 2.07. The van der Waals surface area contributed by atoms with Crippen molar-refractivity contribution >= 4 is 41.5 Å². The number of hydrogen-bond donors (Lipinski definition) is 2. The van der Waals surface area contributed by atoms with Crippen LogP contribution in [0.4, 0.5) is 0 Å². The molecule has 0 saturated carbocycles. The number of nitrogens with zero attached hydrogens (tertiary/aromatic N) is 1. The van der Waals surface area contributed by atoms with E-state index in [0.29, 0.717) is 17.3 Å². The summed E-state index contributed by atoms with van der Waals surface area (Å²) in [7, 11) is 3.44. The molecule has 5 nitrogen and oxygen atoms in total. The summed E-state index contributed by atoms with van der Waals surface area (Å²) in [6.45, 7) is 4.16. The minimum Gasteiger partial charge on any atom is -0.487 e. The van der Waals surface area contributed by atoms with Gasteiger partial charge in [0.05, 0.1) is 11.6 Å². The molecule has 0 radical (unpaired) electrons. The molecule has 7 heteroatoms. The largest absolute Gasteiger partial charge is 0.487 e. The zero-order valence-electron chi connectivity index (χ0n) is 13.3. The fraction of sp³-hybridized carbons (Fsp3) is 0.533. The molecule has 0 fully saturated rings. The third-order valence-electron chi connectivity index (χ3n) is 2.76. The molecule has 1 aromatic rings. The van der Waals surface area contributed by atoms with Crippen LogP contribution >= 0.6 is 35.6 Å². The fourth-order valence-corrected chi connectivity index (χ4v) is 1.86. The molecular formula is C15H25ClIN3O2. The van der Waals surface area contributed by atoms with Gasteiger partial charge in [-0.2, -0.15) is 0 Å². The Hall–Kier alpha value is -0.730. The van der Waals surface area contributed by atoms with Crippen molar-refractivity contribution in [1.29, 1.82) is 0 Å². The van der Waals surface area contributed by atoms with Crippen molar-refractivity contribution in [3.63, 3.8) is 0 Å². The van der Waals surface area contributed by atoms with Crippen molar-refractivity contribution in [1.82, 2.24) is 10.6 Å². The van der Waals surface area contributed by atoms with Crippen molar-refractivity contribution in [3.05, 3.63) is 29.3 Å². The standard InChI is InChI=1S/C15H24ClN3O2.HI/c1-12(21-14-8-5-4-7-13(14)16)11-19-15(17-2)18-9-6-10-20-3;/h4-5,7-8,12H,6,9-11H2,1-3H3,(H2,17,18,19);1H. The molecule has 0 saturated heterocycles. The van der Waals surface area contributed by atoms with Crippen LogP contribution in [0.25, 0.3) is 0 Å². The summed E-state index contributed by atoms with van der Waals surface area (Å²) in [6.07, 6.45) is 0.908. The van der Waals surface area contributed by atoms with E-state index in [4.69, 9.17) is 21.1 Å². The molecule has 1 unspecified atom stereocenters. The van der Waals surface area contributed by atoms with Gasteiger partial charge in [-0.05, 0) is 25.5 Å². The molecule has 0 amide bonds. The monoisotopic (exact) mass is 441 g/mol. The lowest BCUT2D eigenvalue weighted by molar-refractivity contribution is 0.195. The molecule has 0 aliphatic rings. The Morgan fingerprint density at radius 1 is 1.32 bits per heavy atom. The maximum absolute atomic E-state index is 6.06. The second-order valence-corrected chi connectivity index (χ2v) is 4.99. The van der Waals surface area contributed by atoms with Gasteiger partial charge < -0.3 is 20.1 Å². The van der Waals surface area contributed by atoms with Crippen LogP contribution in [0, 0.1) is 0 Å². The van der Waals surface area contributed by atoms with Gasteiger partial charge in [-0.3, -0.25) is 4.99 Å². The van der Waals surface area contributed by atoms with Crippen LogP contribution in [0.1, 0.15) is 13.3 Å². The summed E-state index contributed by atoms with van der Waals surface area (Å²) in [5, 5.41) is 7.04. The van der Waals surface area contributed by atoms with E-state index < -0.39 is 0 Å². The number of para-hydroxylation sites is 1. The third-order valence-corrected chi connectivity index (χ3v) is 3.08. The first-order valence-electron chi connectivity index (χ1n) is 7.02. The number of halogens is 2. The molecule has 1 rings (SSSR count). The summed E-state index contributed by atoms with van der Waals surface area (Å²) >= 11 is 6.06. The lowest BCUT2D eigenvalue weighted by Gasteiger charge is -2.18. The van der Waals surface area contributed by atoms with Crippen LogP contribution in [-0.2, 0) is 4.74 Å². The second kappa shape index (κ2) is 12.8. The Balaban J connectivity index is 0.00000441. The molecule has 0 bridgehead atoms. The zero-order chi connectivity index (χ0) is 15.5. The number of hydrogen-bond acceptors (Lipinski definition) is 3. The predicted molar refractivity (Wildman–Crippen MR) is 103 cm³/mol. The smallest absolute Gasteiger partial charge is 0.191 e. The van der Waals surface area contributed by atoms with Crippen LogP contribution in [0.15, 0.2) is 29.3 Å². The van der Waals surface area contributed by atoms with Crippen molar-refractivity contribution in [2.45, 2.75) is 19.4 Å². The second-order valence-electron chi connectivity index (χ2n) is 4.59. The lowest BCUT2D eigenvalue weighted by atomic mass is 10.3. The van der Waals surface area contributed by atoms with Crippen LogP contribution in [-0.4, -0.2) is 45.9 Å². The number of ether oxygens (including phenoxy) is 2. The van der Waals surface area contributed by atoms with Crippen molar-refractivity contribution in [2.24, 2.45) is 4.99 Å². The molecule has 0 aliphatic carbocycles. The molecule has 0 heterocycles. The summed E-state index contributed by atoms with van der Waals surface area (Å²) in [4.78, 5) is 4.15. The van der Waals surface area contributed by atoms with Gasteiger partial charge in [0.1, 0.15) is 11.9 Å². The van der Waals surface area contributed by atoms with E-state index in [-0.39, 0.29) is 30.1 Å². The van der Waals surface area contributed by atoms with E-state index in [1.165, 1.54) is 0 Å². The van der Waals surface area contributed by atoms with Gasteiger partial charge >= 0.3 is 0 Å². The Labute approximate surface area is 154 Å². The van der Waals surface area contributed by atoms with E-state index in [2.05, 4.69) is 15.6 Å². The molecule has 0 aliphatic heterocycles. The van der Waals surface area contributed by atoms with Gasteiger partial charge in [-0.1, -0.05) is 23.7 Å². The van der Waals surface area contributed by atoms with Crippen LogP contribution < -0.4 is 15.4 Å². The first kappa shape index (κ1) is 21.3. The predicted octanol–water partition coefficient (Wildman–Crippen LogP) is 2.93. The number of nitrogens with one attached hydrogen (secondary N) is 2. The maximum Gasteiger partial charge on any atom is 0.191 e. The average molecular weight is 442 g/mol. The van der Waals surface area contributed by atoms with Crippen LogP contribution in [0.3, 0.4) is 0 Å². The van der Waals surface area contributed by atoms with E-state index in [1.54, 1.807) is 14.2 Å². The average Bonchev–Trinajstić information content (AvgIpc) is 2.49. The van der Waals surface area contributed by atoms with Gasteiger partial charge in [0.25, 0.3) is 0 Å². The van der Waals surface area contributed by atoms with Gasteiger partial charge in [0.15, 0.2) is 5.96 Å². The highest BCUT2D eigenvalue weighted by molar-refractivity contribution is 14.0. The van der Waals surface area contributed by atoms with Crippen LogP contribution in [0.5, 0.6) is 5.75 Å². The highest BCUT2D eigenvalue weighted by Crippen LogP contribution is 2.23. The highest BCUT2D eigenvalue weighted by atomic mass is 127. The topological polar surface area (TPSA) is 54.9 Å². The molecule has 0 aromatic heterocycles. The van der Waals surface area contributed by atoms with Gasteiger partial charge in [-0.15, -0.1) is 24.0 Å². The van der Waals surface area contributed by atoms with E-state index in [1.807, 2.05) is 31.2 Å². The normalized spacial score (nSPS) is 12.3. The number of methoxy groups -OCH3 is 1. The van der Waals surface area contributed by atoms with Crippen molar-refractivity contribution in [2.75, 3.05) is 33.9 Å². The SMILES string of the molecule is CN=C(NCCCOC)NCC(C)Oc1ccccc1Cl.I. The fourth-order valence-electron chi connectivity index (χ4n) is 1.68. The van der Waals surface area contributed by atoms with Gasteiger partial charge in [0.2, 0.25) is 0 Å². The molecule has 0 spiro atoms. The zero-order valence-corrected chi connectivity index (χ0v) is 16.4.